The van der Waals surface area contributed by atoms with Gasteiger partial charge in [-0.2, -0.15) is 0 Å². The fourth-order valence-corrected chi connectivity index (χ4v) is 3.53. The van der Waals surface area contributed by atoms with Gasteiger partial charge in [0.2, 0.25) is 0 Å². The fourth-order valence-electron chi connectivity index (χ4n) is 3.53. The van der Waals surface area contributed by atoms with E-state index in [-0.39, 0.29) is 18.1 Å². The molecule has 2 aromatic carbocycles. The number of nitrogens with zero attached hydrogens (tertiary/aromatic N) is 1. The number of fused-ring (bicyclic) bond motifs is 1. The van der Waals surface area contributed by atoms with Crippen molar-refractivity contribution in [2.24, 2.45) is 0 Å². The number of amides is 1. The predicted octanol–water partition coefficient (Wildman–Crippen LogP) is 4.62. The normalized spacial score (nSPS) is 19.8. The zero-order chi connectivity index (χ0) is 18.2. The Balaban J connectivity index is 2.04. The standard InChI is InChI=1S/C21H26N2O2/c1-14(2)23-20(24)18-8-6-7-9-19(18)22-21(23,5)16-10-12-17(13-11-16)25-15(3)4/h6-15,22H,1-5H3. The third-order valence-corrected chi connectivity index (χ3v) is 4.54. The van der Waals surface area contributed by atoms with Gasteiger partial charge in [0.25, 0.3) is 5.91 Å². The largest absolute Gasteiger partial charge is 0.491 e. The summed E-state index contributed by atoms with van der Waals surface area (Å²) in [6, 6.07) is 15.7. The number of nitrogens with one attached hydrogen (secondary N) is 1. The van der Waals surface area contributed by atoms with Crippen molar-refractivity contribution in [2.45, 2.75) is 52.4 Å². The van der Waals surface area contributed by atoms with Crippen LogP contribution in [0.1, 0.15) is 50.5 Å². The van der Waals surface area contributed by atoms with Crippen molar-refractivity contribution in [3.63, 3.8) is 0 Å². The van der Waals surface area contributed by atoms with Crippen LogP contribution in [-0.2, 0) is 5.66 Å². The molecule has 0 saturated heterocycles. The Labute approximate surface area is 149 Å². The number of anilines is 1. The van der Waals surface area contributed by atoms with Gasteiger partial charge in [-0.3, -0.25) is 4.79 Å². The summed E-state index contributed by atoms with van der Waals surface area (Å²) in [5, 5.41) is 3.58. The maximum absolute atomic E-state index is 13.1. The van der Waals surface area contributed by atoms with Crippen LogP contribution in [0.5, 0.6) is 5.75 Å². The van der Waals surface area contributed by atoms with Gasteiger partial charge in [0.1, 0.15) is 11.4 Å². The minimum absolute atomic E-state index is 0.0503. The molecule has 1 atom stereocenters. The Morgan fingerprint density at radius 2 is 1.64 bits per heavy atom. The Morgan fingerprint density at radius 1 is 1.00 bits per heavy atom. The van der Waals surface area contributed by atoms with Gasteiger partial charge < -0.3 is 15.0 Å². The molecule has 1 N–H and O–H groups in total. The molecule has 3 rings (SSSR count). The van der Waals surface area contributed by atoms with Crippen LogP contribution < -0.4 is 10.1 Å². The monoisotopic (exact) mass is 338 g/mol. The number of carbonyl (C=O) groups excluding carboxylic acids is 1. The molecule has 0 saturated carbocycles. The van der Waals surface area contributed by atoms with E-state index in [1.165, 1.54) is 0 Å². The molecule has 0 radical (unpaired) electrons. The van der Waals surface area contributed by atoms with Gasteiger partial charge >= 0.3 is 0 Å². The smallest absolute Gasteiger partial charge is 0.258 e. The molecular formula is C21H26N2O2. The number of hydrogen-bond donors (Lipinski definition) is 1. The predicted molar refractivity (Wildman–Crippen MR) is 101 cm³/mol. The molecule has 0 fully saturated rings. The highest BCUT2D eigenvalue weighted by molar-refractivity contribution is 6.02. The van der Waals surface area contributed by atoms with E-state index in [1.807, 2.05) is 81.1 Å². The molecule has 1 unspecified atom stereocenters. The van der Waals surface area contributed by atoms with Crippen molar-refractivity contribution in [2.75, 3.05) is 5.32 Å². The molecule has 1 heterocycles. The summed E-state index contributed by atoms with van der Waals surface area (Å²) in [5.41, 5.74) is 2.00. The van der Waals surface area contributed by atoms with Crippen LogP contribution in [0.3, 0.4) is 0 Å². The van der Waals surface area contributed by atoms with Crippen molar-refractivity contribution in [3.8, 4) is 5.75 Å². The van der Waals surface area contributed by atoms with Gasteiger partial charge in [-0.05, 0) is 64.4 Å². The zero-order valence-corrected chi connectivity index (χ0v) is 15.5. The van der Waals surface area contributed by atoms with E-state index in [1.54, 1.807) is 0 Å². The molecule has 0 bridgehead atoms. The lowest BCUT2D eigenvalue weighted by atomic mass is 9.92. The summed E-state index contributed by atoms with van der Waals surface area (Å²) < 4.78 is 5.74. The van der Waals surface area contributed by atoms with Crippen molar-refractivity contribution >= 4 is 11.6 Å². The van der Waals surface area contributed by atoms with E-state index in [2.05, 4.69) is 12.2 Å². The highest BCUT2D eigenvalue weighted by Crippen LogP contribution is 2.39. The molecule has 1 aliphatic rings. The Kier molecular flexibility index (Phi) is 4.46. The second-order valence-electron chi connectivity index (χ2n) is 7.20. The summed E-state index contributed by atoms with van der Waals surface area (Å²) in [6.45, 7) is 10.2. The first-order valence-corrected chi connectivity index (χ1v) is 8.81. The number of benzene rings is 2. The first kappa shape index (κ1) is 17.3. The number of ether oxygens (including phenoxy) is 1. The molecule has 1 aliphatic heterocycles. The number of carbonyl (C=O) groups is 1. The van der Waals surface area contributed by atoms with Crippen LogP contribution in [-0.4, -0.2) is 23.0 Å². The molecule has 1 amide bonds. The van der Waals surface area contributed by atoms with Gasteiger partial charge in [0, 0.05) is 11.7 Å². The summed E-state index contributed by atoms with van der Waals surface area (Å²) in [4.78, 5) is 15.0. The van der Waals surface area contributed by atoms with Gasteiger partial charge in [-0.25, -0.2) is 0 Å². The highest BCUT2D eigenvalue weighted by Gasteiger charge is 2.43. The molecule has 132 valence electrons. The topological polar surface area (TPSA) is 41.6 Å². The lowest BCUT2D eigenvalue weighted by molar-refractivity contribution is 0.0433. The Bertz CT molecular complexity index is 768. The minimum Gasteiger partial charge on any atom is -0.491 e. The highest BCUT2D eigenvalue weighted by atomic mass is 16.5. The fraction of sp³-hybridized carbons (Fsp3) is 0.381. The second-order valence-corrected chi connectivity index (χ2v) is 7.20. The van der Waals surface area contributed by atoms with Crippen molar-refractivity contribution in [1.82, 2.24) is 4.90 Å². The third-order valence-electron chi connectivity index (χ3n) is 4.54. The van der Waals surface area contributed by atoms with Crippen LogP contribution in [0.4, 0.5) is 5.69 Å². The number of para-hydroxylation sites is 1. The summed E-state index contributed by atoms with van der Waals surface area (Å²) in [6.07, 6.45) is 0.134. The van der Waals surface area contributed by atoms with Crippen molar-refractivity contribution < 1.29 is 9.53 Å². The van der Waals surface area contributed by atoms with Crippen LogP contribution >= 0.6 is 0 Å². The van der Waals surface area contributed by atoms with Crippen LogP contribution in [0.15, 0.2) is 48.5 Å². The Hall–Kier alpha value is -2.49. The molecule has 0 spiro atoms. The van der Waals surface area contributed by atoms with Gasteiger partial charge in [-0.1, -0.05) is 24.3 Å². The van der Waals surface area contributed by atoms with E-state index in [4.69, 9.17) is 4.74 Å². The van der Waals surface area contributed by atoms with Crippen molar-refractivity contribution in [1.29, 1.82) is 0 Å². The van der Waals surface area contributed by atoms with Crippen LogP contribution in [0.2, 0.25) is 0 Å². The molecule has 4 heteroatoms. The molecular weight excluding hydrogens is 312 g/mol. The number of hydrogen-bond acceptors (Lipinski definition) is 3. The maximum atomic E-state index is 13.1. The second kappa shape index (κ2) is 6.43. The average molecular weight is 338 g/mol. The summed E-state index contributed by atoms with van der Waals surface area (Å²) in [7, 11) is 0. The molecule has 2 aromatic rings. The van der Waals surface area contributed by atoms with E-state index >= 15 is 0 Å². The lowest BCUT2D eigenvalue weighted by Crippen LogP contribution is -2.58. The van der Waals surface area contributed by atoms with Crippen LogP contribution in [0.25, 0.3) is 0 Å². The Morgan fingerprint density at radius 3 is 2.24 bits per heavy atom. The SMILES string of the molecule is CC(C)Oc1ccc(C2(C)Nc3ccccc3C(=O)N2C(C)C)cc1. The van der Waals surface area contributed by atoms with E-state index in [9.17, 15) is 4.79 Å². The number of rotatable bonds is 4. The summed E-state index contributed by atoms with van der Waals surface area (Å²) in [5.74, 6) is 0.885. The zero-order valence-electron chi connectivity index (χ0n) is 15.5. The quantitative estimate of drug-likeness (QED) is 0.884. The van der Waals surface area contributed by atoms with Crippen molar-refractivity contribution in [3.05, 3.63) is 59.7 Å². The minimum atomic E-state index is -0.615. The lowest BCUT2D eigenvalue weighted by Gasteiger charge is -2.48. The van der Waals surface area contributed by atoms with E-state index < -0.39 is 5.66 Å². The van der Waals surface area contributed by atoms with Gasteiger partial charge in [-0.15, -0.1) is 0 Å². The summed E-state index contributed by atoms with van der Waals surface area (Å²) >= 11 is 0. The third kappa shape index (κ3) is 3.09. The van der Waals surface area contributed by atoms with E-state index in [0.717, 1.165) is 17.0 Å². The molecule has 4 nitrogen and oxygen atoms in total. The molecule has 0 aliphatic carbocycles. The van der Waals surface area contributed by atoms with Crippen LogP contribution in [0, 0.1) is 0 Å². The first-order chi connectivity index (χ1) is 11.8. The van der Waals surface area contributed by atoms with Gasteiger partial charge in [0.15, 0.2) is 0 Å². The maximum Gasteiger partial charge on any atom is 0.258 e. The average Bonchev–Trinajstić information content (AvgIpc) is 2.54. The molecule has 25 heavy (non-hydrogen) atoms. The first-order valence-electron chi connectivity index (χ1n) is 8.81. The van der Waals surface area contributed by atoms with E-state index in [0.29, 0.717) is 5.56 Å². The molecule has 0 aromatic heterocycles. The van der Waals surface area contributed by atoms with Gasteiger partial charge in [0.05, 0.1) is 11.7 Å².